The van der Waals surface area contributed by atoms with E-state index in [0.717, 1.165) is 54.9 Å². The Hall–Kier alpha value is -0.430. The standard InChI is InChI=1S/C15H26N2O2S2/c1-3-9-16-11-14-10-15(12(2)20-14)21(18,19)17-13-7-5-4-6-8-13/h10,13,16-17H,3-9,11H2,1-2H3. The number of thiophene rings is 1. The fourth-order valence-corrected chi connectivity index (χ4v) is 5.68. The minimum atomic E-state index is -3.37. The van der Waals surface area contributed by atoms with Crippen molar-refractivity contribution in [2.24, 2.45) is 0 Å². The number of nitrogens with one attached hydrogen (secondary N) is 2. The van der Waals surface area contributed by atoms with Crippen LogP contribution < -0.4 is 10.0 Å². The first-order chi connectivity index (χ1) is 10.0. The van der Waals surface area contributed by atoms with Gasteiger partial charge in [0.2, 0.25) is 10.0 Å². The van der Waals surface area contributed by atoms with Crippen molar-refractivity contribution in [3.8, 4) is 0 Å². The average molecular weight is 331 g/mol. The molecule has 0 spiro atoms. The first kappa shape index (κ1) is 16.9. The van der Waals surface area contributed by atoms with Crippen LogP contribution in [-0.2, 0) is 16.6 Å². The zero-order chi connectivity index (χ0) is 15.3. The molecular weight excluding hydrogens is 304 g/mol. The van der Waals surface area contributed by atoms with Gasteiger partial charge in [-0.25, -0.2) is 13.1 Å². The second-order valence-electron chi connectivity index (χ2n) is 5.77. The van der Waals surface area contributed by atoms with E-state index >= 15 is 0 Å². The maximum absolute atomic E-state index is 12.5. The number of sulfonamides is 1. The van der Waals surface area contributed by atoms with Crippen LogP contribution in [0, 0.1) is 6.92 Å². The fourth-order valence-electron chi connectivity index (χ4n) is 2.77. The molecule has 4 nitrogen and oxygen atoms in total. The smallest absolute Gasteiger partial charge is 0.241 e. The van der Waals surface area contributed by atoms with Crippen LogP contribution in [0.5, 0.6) is 0 Å². The lowest BCUT2D eigenvalue weighted by atomic mass is 9.96. The summed E-state index contributed by atoms with van der Waals surface area (Å²) in [5, 5.41) is 3.32. The van der Waals surface area contributed by atoms with Gasteiger partial charge in [-0.2, -0.15) is 0 Å². The van der Waals surface area contributed by atoms with Gasteiger partial charge in [0, 0.05) is 22.3 Å². The lowest BCUT2D eigenvalue weighted by molar-refractivity contribution is 0.412. The second-order valence-corrected chi connectivity index (χ2v) is 8.79. The van der Waals surface area contributed by atoms with Crippen molar-refractivity contribution in [1.29, 1.82) is 0 Å². The molecule has 2 N–H and O–H groups in total. The van der Waals surface area contributed by atoms with E-state index in [-0.39, 0.29) is 6.04 Å². The molecule has 0 aromatic carbocycles. The van der Waals surface area contributed by atoms with Crippen molar-refractivity contribution < 1.29 is 8.42 Å². The normalized spacial score (nSPS) is 17.2. The van der Waals surface area contributed by atoms with E-state index in [1.165, 1.54) is 6.42 Å². The Labute approximate surface area is 132 Å². The molecule has 1 aromatic rings. The summed E-state index contributed by atoms with van der Waals surface area (Å²) in [6, 6.07) is 1.94. The lowest BCUT2D eigenvalue weighted by Crippen LogP contribution is -2.36. The second kappa shape index (κ2) is 7.72. The van der Waals surface area contributed by atoms with E-state index in [4.69, 9.17) is 0 Å². The molecule has 0 atom stereocenters. The summed E-state index contributed by atoms with van der Waals surface area (Å²) in [6.07, 6.45) is 6.49. The van der Waals surface area contributed by atoms with Crippen molar-refractivity contribution in [3.63, 3.8) is 0 Å². The van der Waals surface area contributed by atoms with E-state index in [2.05, 4.69) is 17.0 Å². The molecule has 1 heterocycles. The number of hydrogen-bond donors (Lipinski definition) is 2. The molecule has 1 aromatic heterocycles. The van der Waals surface area contributed by atoms with E-state index in [1.54, 1.807) is 11.3 Å². The predicted octanol–water partition coefficient (Wildman–Crippen LogP) is 3.17. The minimum absolute atomic E-state index is 0.115. The Balaban J connectivity index is 2.04. The zero-order valence-corrected chi connectivity index (χ0v) is 14.6. The molecule has 120 valence electrons. The Morgan fingerprint density at radius 1 is 1.29 bits per heavy atom. The SMILES string of the molecule is CCCNCc1cc(S(=O)(=O)NC2CCCCC2)c(C)s1. The molecule has 0 bridgehead atoms. The van der Waals surface area contributed by atoms with Gasteiger partial charge in [-0.15, -0.1) is 11.3 Å². The summed E-state index contributed by atoms with van der Waals surface area (Å²) in [5.74, 6) is 0. The highest BCUT2D eigenvalue weighted by Gasteiger charge is 2.24. The maximum atomic E-state index is 12.5. The van der Waals surface area contributed by atoms with Crippen LogP contribution in [0.3, 0.4) is 0 Å². The first-order valence-electron chi connectivity index (χ1n) is 7.85. The predicted molar refractivity (Wildman–Crippen MR) is 88.2 cm³/mol. The van der Waals surface area contributed by atoms with Crippen LogP contribution in [0.4, 0.5) is 0 Å². The van der Waals surface area contributed by atoms with Gasteiger partial charge in [0.1, 0.15) is 0 Å². The highest BCUT2D eigenvalue weighted by atomic mass is 32.2. The molecule has 0 radical (unpaired) electrons. The van der Waals surface area contributed by atoms with Gasteiger partial charge in [-0.05, 0) is 38.8 Å². The van der Waals surface area contributed by atoms with E-state index in [9.17, 15) is 8.42 Å². The summed E-state index contributed by atoms with van der Waals surface area (Å²) in [7, 11) is -3.37. The third-order valence-corrected chi connectivity index (χ3v) is 6.69. The van der Waals surface area contributed by atoms with Crippen molar-refractivity contribution >= 4 is 21.4 Å². The molecule has 21 heavy (non-hydrogen) atoms. The summed E-state index contributed by atoms with van der Waals surface area (Å²) < 4.78 is 28.0. The van der Waals surface area contributed by atoms with Gasteiger partial charge in [-0.3, -0.25) is 0 Å². The van der Waals surface area contributed by atoms with Gasteiger partial charge in [0.05, 0.1) is 4.90 Å². The zero-order valence-electron chi connectivity index (χ0n) is 12.9. The molecular formula is C15H26N2O2S2. The molecule has 0 saturated heterocycles. The van der Waals surface area contributed by atoms with Gasteiger partial charge >= 0.3 is 0 Å². The average Bonchev–Trinajstić information content (AvgIpc) is 2.82. The van der Waals surface area contributed by atoms with Crippen LogP contribution in [0.1, 0.15) is 55.2 Å². The third kappa shape index (κ3) is 4.77. The number of aryl methyl sites for hydroxylation is 1. The highest BCUT2D eigenvalue weighted by Crippen LogP contribution is 2.27. The van der Waals surface area contributed by atoms with Crippen molar-refractivity contribution in [1.82, 2.24) is 10.0 Å². The molecule has 1 aliphatic carbocycles. The Kier molecular flexibility index (Phi) is 6.22. The largest absolute Gasteiger partial charge is 0.312 e. The Morgan fingerprint density at radius 2 is 2.00 bits per heavy atom. The Morgan fingerprint density at radius 3 is 2.67 bits per heavy atom. The molecule has 6 heteroatoms. The van der Waals surface area contributed by atoms with E-state index < -0.39 is 10.0 Å². The molecule has 1 aliphatic rings. The first-order valence-corrected chi connectivity index (χ1v) is 10.1. The van der Waals surface area contributed by atoms with Gasteiger partial charge in [-0.1, -0.05) is 26.2 Å². The third-order valence-electron chi connectivity index (χ3n) is 3.87. The van der Waals surface area contributed by atoms with E-state index in [1.807, 2.05) is 13.0 Å². The number of hydrogen-bond acceptors (Lipinski definition) is 4. The fraction of sp³-hybridized carbons (Fsp3) is 0.733. The van der Waals surface area contributed by atoms with E-state index in [0.29, 0.717) is 4.90 Å². The monoisotopic (exact) mass is 330 g/mol. The molecule has 2 rings (SSSR count). The van der Waals surface area contributed by atoms with Gasteiger partial charge < -0.3 is 5.32 Å². The van der Waals surface area contributed by atoms with Crippen molar-refractivity contribution in [2.45, 2.75) is 69.9 Å². The van der Waals surface area contributed by atoms with Crippen LogP contribution in [0.15, 0.2) is 11.0 Å². The Bertz CT molecular complexity index is 546. The highest BCUT2D eigenvalue weighted by molar-refractivity contribution is 7.89. The van der Waals surface area contributed by atoms with Crippen molar-refractivity contribution in [2.75, 3.05) is 6.54 Å². The van der Waals surface area contributed by atoms with Crippen LogP contribution >= 0.6 is 11.3 Å². The van der Waals surface area contributed by atoms with Gasteiger partial charge in [0.25, 0.3) is 0 Å². The molecule has 1 saturated carbocycles. The number of rotatable bonds is 7. The topological polar surface area (TPSA) is 58.2 Å². The maximum Gasteiger partial charge on any atom is 0.241 e. The van der Waals surface area contributed by atoms with Crippen LogP contribution in [0.2, 0.25) is 0 Å². The minimum Gasteiger partial charge on any atom is -0.312 e. The summed E-state index contributed by atoms with van der Waals surface area (Å²) in [4.78, 5) is 2.43. The molecule has 0 amide bonds. The molecule has 0 aliphatic heterocycles. The van der Waals surface area contributed by atoms with Crippen LogP contribution in [0.25, 0.3) is 0 Å². The quantitative estimate of drug-likeness (QED) is 0.755. The van der Waals surface area contributed by atoms with Crippen LogP contribution in [-0.4, -0.2) is 21.0 Å². The van der Waals surface area contributed by atoms with Gasteiger partial charge in [0.15, 0.2) is 0 Å². The van der Waals surface area contributed by atoms with Crippen molar-refractivity contribution in [3.05, 3.63) is 15.8 Å². The summed E-state index contributed by atoms with van der Waals surface area (Å²) >= 11 is 1.57. The summed E-state index contributed by atoms with van der Waals surface area (Å²) in [5.41, 5.74) is 0. The molecule has 0 unspecified atom stereocenters. The summed E-state index contributed by atoms with van der Waals surface area (Å²) in [6.45, 7) is 5.72. The molecule has 1 fully saturated rings. The lowest BCUT2D eigenvalue weighted by Gasteiger charge is -2.22.